The van der Waals surface area contributed by atoms with Gasteiger partial charge in [0, 0.05) is 11.1 Å². The van der Waals surface area contributed by atoms with Crippen LogP contribution in [-0.2, 0) is 13.0 Å². The quantitative estimate of drug-likeness (QED) is 0.883. The Kier molecular flexibility index (Phi) is 4.11. The molecule has 0 saturated heterocycles. The lowest BCUT2D eigenvalue weighted by Gasteiger charge is -2.06. The Balaban J connectivity index is 2.05. The summed E-state index contributed by atoms with van der Waals surface area (Å²) >= 11 is 1.58. The van der Waals surface area contributed by atoms with Gasteiger partial charge >= 0.3 is 5.97 Å². The van der Waals surface area contributed by atoms with Gasteiger partial charge in [0.2, 0.25) is 0 Å². The van der Waals surface area contributed by atoms with E-state index in [1.54, 1.807) is 11.3 Å². The summed E-state index contributed by atoms with van der Waals surface area (Å²) in [6, 6.07) is 3.80. The molecule has 0 spiro atoms. The van der Waals surface area contributed by atoms with Gasteiger partial charge in [-0.25, -0.2) is 14.2 Å². The molecule has 6 heteroatoms. The maximum atomic E-state index is 13.6. The molecule has 0 radical (unpaired) electrons. The number of halogens is 1. The minimum atomic E-state index is -1.14. The van der Waals surface area contributed by atoms with Gasteiger partial charge in [-0.15, -0.1) is 11.3 Å². The highest BCUT2D eigenvalue weighted by Crippen LogP contribution is 2.19. The van der Waals surface area contributed by atoms with E-state index in [1.807, 2.05) is 6.20 Å². The summed E-state index contributed by atoms with van der Waals surface area (Å²) in [4.78, 5) is 16.1. The molecule has 0 aliphatic carbocycles. The molecule has 0 aliphatic heterocycles. The molecule has 2 rings (SSSR count). The van der Waals surface area contributed by atoms with Gasteiger partial charge in [0.25, 0.3) is 0 Å². The second kappa shape index (κ2) is 5.79. The number of aromatic nitrogens is 1. The Morgan fingerprint density at radius 1 is 1.53 bits per heavy atom. The lowest BCUT2D eigenvalue weighted by Crippen LogP contribution is -2.03. The molecule has 0 atom stereocenters. The summed E-state index contributed by atoms with van der Waals surface area (Å²) < 4.78 is 13.6. The minimum Gasteiger partial charge on any atom is -0.478 e. The summed E-state index contributed by atoms with van der Waals surface area (Å²) in [6.07, 6.45) is 2.74. The molecule has 0 aliphatic rings. The first kappa shape index (κ1) is 13.5. The average Bonchev–Trinajstić information content (AvgIpc) is 2.85. The number of thiazole rings is 1. The van der Waals surface area contributed by atoms with Crippen molar-refractivity contribution in [3.63, 3.8) is 0 Å². The van der Waals surface area contributed by atoms with E-state index in [1.165, 1.54) is 17.0 Å². The van der Waals surface area contributed by atoms with Crippen molar-refractivity contribution >= 4 is 23.0 Å². The first-order valence-electron chi connectivity index (χ1n) is 5.80. The summed E-state index contributed by atoms with van der Waals surface area (Å²) in [5, 5.41) is 12.5. The van der Waals surface area contributed by atoms with Crippen LogP contribution >= 0.6 is 11.3 Å². The number of benzene rings is 1. The highest BCUT2D eigenvalue weighted by molar-refractivity contribution is 7.11. The molecule has 1 aromatic carbocycles. The number of carboxylic acids is 1. The molecule has 0 fully saturated rings. The Bertz CT molecular complexity index is 598. The zero-order chi connectivity index (χ0) is 13.8. The van der Waals surface area contributed by atoms with Gasteiger partial charge in [-0.1, -0.05) is 6.92 Å². The molecule has 0 bridgehead atoms. The van der Waals surface area contributed by atoms with Crippen LogP contribution in [0.3, 0.4) is 0 Å². The van der Waals surface area contributed by atoms with Crippen molar-refractivity contribution in [2.75, 3.05) is 5.32 Å². The molecular weight excluding hydrogens is 267 g/mol. The fraction of sp³-hybridized carbons (Fsp3) is 0.231. The topological polar surface area (TPSA) is 62.2 Å². The molecule has 1 heterocycles. The predicted molar refractivity (Wildman–Crippen MR) is 72.2 cm³/mol. The van der Waals surface area contributed by atoms with Gasteiger partial charge in [0.05, 0.1) is 17.8 Å². The summed E-state index contributed by atoms with van der Waals surface area (Å²) in [7, 11) is 0. The molecule has 2 aromatic rings. The smallest absolute Gasteiger partial charge is 0.335 e. The van der Waals surface area contributed by atoms with Gasteiger partial charge in [-0.3, -0.25) is 0 Å². The Morgan fingerprint density at radius 3 is 2.89 bits per heavy atom. The van der Waals surface area contributed by atoms with Crippen LogP contribution < -0.4 is 5.32 Å². The van der Waals surface area contributed by atoms with E-state index in [0.717, 1.165) is 17.5 Å². The van der Waals surface area contributed by atoms with E-state index in [4.69, 9.17) is 5.11 Å². The molecule has 19 heavy (non-hydrogen) atoms. The average molecular weight is 280 g/mol. The van der Waals surface area contributed by atoms with E-state index < -0.39 is 11.8 Å². The highest BCUT2D eigenvalue weighted by atomic mass is 32.1. The molecule has 2 N–H and O–H groups in total. The number of nitrogens with one attached hydrogen (secondary N) is 1. The van der Waals surface area contributed by atoms with Gasteiger partial charge < -0.3 is 10.4 Å². The van der Waals surface area contributed by atoms with Crippen molar-refractivity contribution in [3.8, 4) is 0 Å². The third-order valence-electron chi connectivity index (χ3n) is 2.60. The van der Waals surface area contributed by atoms with Crippen molar-refractivity contribution in [1.82, 2.24) is 4.98 Å². The first-order chi connectivity index (χ1) is 9.10. The van der Waals surface area contributed by atoms with E-state index >= 15 is 0 Å². The second-order valence-electron chi connectivity index (χ2n) is 3.93. The molecule has 4 nitrogen and oxygen atoms in total. The molecule has 0 amide bonds. The van der Waals surface area contributed by atoms with Crippen molar-refractivity contribution in [3.05, 3.63) is 45.7 Å². The Hall–Kier alpha value is -1.95. The summed E-state index contributed by atoms with van der Waals surface area (Å²) in [6.45, 7) is 2.48. The summed E-state index contributed by atoms with van der Waals surface area (Å²) in [5.41, 5.74) is 0.212. The lowest BCUT2D eigenvalue weighted by molar-refractivity contribution is 0.0696. The minimum absolute atomic E-state index is 0.0643. The van der Waals surface area contributed by atoms with Crippen LogP contribution in [0.1, 0.15) is 27.2 Å². The second-order valence-corrected chi connectivity index (χ2v) is 5.13. The van der Waals surface area contributed by atoms with Gasteiger partial charge in [0.1, 0.15) is 10.8 Å². The fourth-order valence-electron chi connectivity index (χ4n) is 1.56. The predicted octanol–water partition coefficient (Wildman–Crippen LogP) is 3.15. The fourth-order valence-corrected chi connectivity index (χ4v) is 2.36. The number of aryl methyl sites for hydroxylation is 1. The van der Waals surface area contributed by atoms with Crippen molar-refractivity contribution in [1.29, 1.82) is 0 Å². The van der Waals surface area contributed by atoms with Gasteiger partial charge in [0.15, 0.2) is 0 Å². The van der Waals surface area contributed by atoms with Gasteiger partial charge in [-0.2, -0.15) is 0 Å². The van der Waals surface area contributed by atoms with Crippen LogP contribution in [0, 0.1) is 5.82 Å². The number of hydrogen-bond donors (Lipinski definition) is 2. The third-order valence-corrected chi connectivity index (χ3v) is 3.74. The normalized spacial score (nSPS) is 10.4. The van der Waals surface area contributed by atoms with Crippen LogP contribution in [0.4, 0.5) is 10.1 Å². The van der Waals surface area contributed by atoms with Crippen molar-refractivity contribution < 1.29 is 14.3 Å². The molecular formula is C13H13FN2O2S. The number of hydrogen-bond acceptors (Lipinski definition) is 4. The zero-order valence-corrected chi connectivity index (χ0v) is 11.1. The number of rotatable bonds is 5. The number of carbonyl (C=O) groups is 1. The summed E-state index contributed by atoms with van der Waals surface area (Å²) in [5.74, 6) is -1.72. The number of carboxylic acid groups (broad SMARTS) is 1. The van der Waals surface area contributed by atoms with Crippen molar-refractivity contribution in [2.45, 2.75) is 19.9 Å². The lowest BCUT2D eigenvalue weighted by atomic mass is 10.2. The van der Waals surface area contributed by atoms with Gasteiger partial charge in [-0.05, 0) is 24.6 Å². The van der Waals surface area contributed by atoms with Crippen LogP contribution in [0.25, 0.3) is 0 Å². The molecule has 0 unspecified atom stereocenters. The highest BCUT2D eigenvalue weighted by Gasteiger charge is 2.08. The van der Waals surface area contributed by atoms with E-state index in [2.05, 4.69) is 17.2 Å². The van der Waals surface area contributed by atoms with E-state index in [9.17, 15) is 9.18 Å². The number of nitrogens with zero attached hydrogens (tertiary/aromatic N) is 1. The Labute approximate surface area is 113 Å². The maximum absolute atomic E-state index is 13.6. The Morgan fingerprint density at radius 2 is 2.32 bits per heavy atom. The SMILES string of the molecule is CCc1cnc(CNc2ccc(C(=O)O)cc2F)s1. The maximum Gasteiger partial charge on any atom is 0.335 e. The van der Waals surface area contributed by atoms with Crippen LogP contribution in [-0.4, -0.2) is 16.1 Å². The van der Waals surface area contributed by atoms with Crippen LogP contribution in [0.2, 0.25) is 0 Å². The third kappa shape index (κ3) is 3.29. The molecule has 1 aromatic heterocycles. The van der Waals surface area contributed by atoms with E-state index in [0.29, 0.717) is 6.54 Å². The van der Waals surface area contributed by atoms with Crippen molar-refractivity contribution in [2.24, 2.45) is 0 Å². The standard InChI is InChI=1S/C13H13FN2O2S/c1-2-9-6-16-12(19-9)7-15-11-4-3-8(13(17)18)5-10(11)14/h3-6,15H,2,7H2,1H3,(H,17,18). The molecule has 100 valence electrons. The zero-order valence-electron chi connectivity index (χ0n) is 10.3. The largest absolute Gasteiger partial charge is 0.478 e. The number of anilines is 1. The monoisotopic (exact) mass is 280 g/mol. The number of aromatic carboxylic acids is 1. The van der Waals surface area contributed by atoms with Crippen LogP contribution in [0.5, 0.6) is 0 Å². The van der Waals surface area contributed by atoms with E-state index in [-0.39, 0.29) is 11.3 Å². The molecule has 0 saturated carbocycles. The van der Waals surface area contributed by atoms with Crippen LogP contribution in [0.15, 0.2) is 24.4 Å². The first-order valence-corrected chi connectivity index (χ1v) is 6.62.